The number of aliphatic hydroxyl groups is 1. The van der Waals surface area contributed by atoms with Crippen molar-refractivity contribution in [3.63, 3.8) is 0 Å². The second-order valence-corrected chi connectivity index (χ2v) is 9.76. The van der Waals surface area contributed by atoms with Crippen LogP contribution in [-0.2, 0) is 9.53 Å². The Morgan fingerprint density at radius 1 is 1.00 bits per heavy atom. The van der Waals surface area contributed by atoms with Gasteiger partial charge in [0.25, 0.3) is 0 Å². The highest BCUT2D eigenvalue weighted by Crippen LogP contribution is 2.65. The molecule has 0 amide bonds. The zero-order valence-electron chi connectivity index (χ0n) is 15.6. The Hall–Kier alpha value is -0.410. The zero-order valence-corrected chi connectivity index (χ0v) is 15.6. The number of rotatable bonds is 2. The highest BCUT2D eigenvalue weighted by molar-refractivity contribution is 5.88. The molecule has 3 heteroatoms. The molecule has 2 saturated carbocycles. The van der Waals surface area contributed by atoms with Crippen molar-refractivity contribution in [2.45, 2.75) is 90.8 Å². The Bertz CT molecular complexity index is 499. The molecular formula is C20H34O3. The van der Waals surface area contributed by atoms with E-state index in [9.17, 15) is 9.90 Å². The van der Waals surface area contributed by atoms with E-state index in [1.54, 1.807) is 0 Å². The number of ether oxygens (including phenoxy) is 1. The molecule has 3 aliphatic rings. The molecule has 2 aliphatic carbocycles. The van der Waals surface area contributed by atoms with E-state index in [2.05, 4.69) is 27.7 Å². The minimum Gasteiger partial charge on any atom is -0.388 e. The first-order valence-corrected chi connectivity index (χ1v) is 9.42. The number of fused-ring (bicyclic) bond motifs is 3. The van der Waals surface area contributed by atoms with Gasteiger partial charge in [-0.1, -0.05) is 27.2 Å². The van der Waals surface area contributed by atoms with Gasteiger partial charge in [-0.05, 0) is 75.0 Å². The van der Waals surface area contributed by atoms with E-state index in [4.69, 9.17) is 4.74 Å². The molecule has 1 N–H and O–H groups in total. The highest BCUT2D eigenvalue weighted by atomic mass is 16.5. The number of ketones is 1. The quantitative estimate of drug-likeness (QED) is 0.832. The van der Waals surface area contributed by atoms with Gasteiger partial charge in [0.05, 0.1) is 5.60 Å². The van der Waals surface area contributed by atoms with Crippen molar-refractivity contribution >= 4 is 5.78 Å². The Balaban J connectivity index is 1.92. The van der Waals surface area contributed by atoms with Crippen LogP contribution in [0.4, 0.5) is 0 Å². The maximum absolute atomic E-state index is 12.2. The second-order valence-electron chi connectivity index (χ2n) is 9.76. The summed E-state index contributed by atoms with van der Waals surface area (Å²) in [6.07, 6.45) is 7.94. The Kier molecular flexibility index (Phi) is 4.01. The van der Waals surface area contributed by atoms with Crippen LogP contribution in [0.25, 0.3) is 0 Å². The zero-order chi connectivity index (χ0) is 17.1. The van der Waals surface area contributed by atoms with Gasteiger partial charge in [0, 0.05) is 0 Å². The summed E-state index contributed by atoms with van der Waals surface area (Å²) in [4.78, 5) is 12.2. The maximum Gasteiger partial charge on any atom is 0.189 e. The second kappa shape index (κ2) is 5.29. The summed E-state index contributed by atoms with van der Waals surface area (Å²) in [6, 6.07) is 0. The number of carbonyl (C=O) groups is 1. The molecule has 23 heavy (non-hydrogen) atoms. The Morgan fingerprint density at radius 3 is 2.30 bits per heavy atom. The Morgan fingerprint density at radius 2 is 1.65 bits per heavy atom. The van der Waals surface area contributed by atoms with Crippen LogP contribution in [-0.4, -0.2) is 28.7 Å². The SMILES string of the molecule is CC1(C)CCC[C@]2(C)[C@H]3CC[C@](C)(C(=O)CO)O[C@]3(C)CC[C@@H]12. The van der Waals surface area contributed by atoms with Gasteiger partial charge < -0.3 is 9.84 Å². The lowest BCUT2D eigenvalue weighted by Gasteiger charge is -2.65. The summed E-state index contributed by atoms with van der Waals surface area (Å²) in [5, 5.41) is 9.31. The maximum atomic E-state index is 12.2. The van der Waals surface area contributed by atoms with Crippen LogP contribution in [0.5, 0.6) is 0 Å². The number of aliphatic hydroxyl groups excluding tert-OH is 1. The van der Waals surface area contributed by atoms with Gasteiger partial charge in [0.2, 0.25) is 0 Å². The van der Waals surface area contributed by atoms with Crippen LogP contribution < -0.4 is 0 Å². The van der Waals surface area contributed by atoms with Gasteiger partial charge in [0.1, 0.15) is 12.2 Å². The molecule has 0 bridgehead atoms. The normalized spacial score (nSPS) is 49.1. The van der Waals surface area contributed by atoms with E-state index in [-0.39, 0.29) is 11.4 Å². The summed E-state index contributed by atoms with van der Waals surface area (Å²) >= 11 is 0. The van der Waals surface area contributed by atoms with E-state index in [0.29, 0.717) is 16.7 Å². The van der Waals surface area contributed by atoms with Gasteiger partial charge in [-0.2, -0.15) is 0 Å². The molecule has 5 atom stereocenters. The molecule has 0 aromatic rings. The first-order chi connectivity index (χ1) is 10.6. The third-order valence-electron chi connectivity index (χ3n) is 7.84. The van der Waals surface area contributed by atoms with E-state index < -0.39 is 12.2 Å². The van der Waals surface area contributed by atoms with E-state index in [1.165, 1.54) is 25.7 Å². The number of Topliss-reactive ketones (excluding diaryl/α,β-unsaturated/α-hetero) is 1. The molecule has 0 aromatic carbocycles. The van der Waals surface area contributed by atoms with E-state index in [1.807, 2.05) is 6.92 Å². The van der Waals surface area contributed by atoms with Crippen molar-refractivity contribution in [3.8, 4) is 0 Å². The van der Waals surface area contributed by atoms with Crippen molar-refractivity contribution in [1.82, 2.24) is 0 Å². The number of carbonyl (C=O) groups excluding carboxylic acids is 1. The summed E-state index contributed by atoms with van der Waals surface area (Å²) < 4.78 is 6.49. The van der Waals surface area contributed by atoms with Crippen LogP contribution in [0.2, 0.25) is 0 Å². The molecule has 0 radical (unpaired) electrons. The third-order valence-corrected chi connectivity index (χ3v) is 7.84. The van der Waals surface area contributed by atoms with Crippen LogP contribution in [0.3, 0.4) is 0 Å². The van der Waals surface area contributed by atoms with Gasteiger partial charge in [-0.15, -0.1) is 0 Å². The molecule has 3 fully saturated rings. The average molecular weight is 322 g/mol. The van der Waals surface area contributed by atoms with Crippen LogP contribution in [0.1, 0.15) is 79.6 Å². The van der Waals surface area contributed by atoms with Crippen LogP contribution >= 0.6 is 0 Å². The van der Waals surface area contributed by atoms with E-state index >= 15 is 0 Å². The predicted octanol–water partition coefficient (Wildman–Crippen LogP) is 4.12. The molecule has 3 rings (SSSR count). The summed E-state index contributed by atoms with van der Waals surface area (Å²) in [6.45, 7) is 11.1. The smallest absolute Gasteiger partial charge is 0.189 e. The fourth-order valence-corrected chi connectivity index (χ4v) is 6.71. The van der Waals surface area contributed by atoms with Crippen LogP contribution in [0.15, 0.2) is 0 Å². The topological polar surface area (TPSA) is 46.5 Å². The monoisotopic (exact) mass is 322 g/mol. The average Bonchev–Trinajstić information content (AvgIpc) is 2.44. The van der Waals surface area contributed by atoms with Crippen molar-refractivity contribution in [2.75, 3.05) is 6.61 Å². The fourth-order valence-electron chi connectivity index (χ4n) is 6.71. The van der Waals surface area contributed by atoms with Crippen molar-refractivity contribution in [3.05, 3.63) is 0 Å². The van der Waals surface area contributed by atoms with Gasteiger partial charge in [0.15, 0.2) is 5.78 Å². The number of hydrogen-bond donors (Lipinski definition) is 1. The van der Waals surface area contributed by atoms with Gasteiger partial charge >= 0.3 is 0 Å². The molecule has 1 aliphatic heterocycles. The fraction of sp³-hybridized carbons (Fsp3) is 0.950. The molecule has 3 nitrogen and oxygen atoms in total. The lowest BCUT2D eigenvalue weighted by molar-refractivity contribution is -0.259. The van der Waals surface area contributed by atoms with Crippen molar-refractivity contribution in [2.24, 2.45) is 22.7 Å². The standard InChI is InChI=1S/C20H34O3/c1-17(2)9-6-10-18(3)14(17)7-11-19(4)15(18)8-12-20(5,23-19)16(22)13-21/h14-15,21H,6-13H2,1-5H3/t14-,15+,18-,19+,20+/m0/s1. The van der Waals surface area contributed by atoms with Crippen molar-refractivity contribution in [1.29, 1.82) is 0 Å². The van der Waals surface area contributed by atoms with E-state index in [0.717, 1.165) is 25.2 Å². The van der Waals surface area contributed by atoms with Crippen molar-refractivity contribution < 1.29 is 14.6 Å². The lowest BCUT2D eigenvalue weighted by Crippen LogP contribution is -2.64. The molecular weight excluding hydrogens is 288 g/mol. The lowest BCUT2D eigenvalue weighted by atomic mass is 9.44. The first kappa shape index (κ1) is 17.4. The molecule has 0 unspecified atom stereocenters. The summed E-state index contributed by atoms with van der Waals surface area (Å²) in [5.74, 6) is 1.12. The summed E-state index contributed by atoms with van der Waals surface area (Å²) in [7, 11) is 0. The molecule has 1 saturated heterocycles. The molecule has 132 valence electrons. The minimum atomic E-state index is -0.798. The van der Waals surface area contributed by atoms with Gasteiger partial charge in [-0.25, -0.2) is 0 Å². The Labute approximate surface area is 141 Å². The minimum absolute atomic E-state index is 0.159. The third kappa shape index (κ3) is 2.50. The predicted molar refractivity (Wildman–Crippen MR) is 91.2 cm³/mol. The molecule has 1 heterocycles. The van der Waals surface area contributed by atoms with Crippen LogP contribution in [0, 0.1) is 22.7 Å². The molecule has 0 aromatic heterocycles. The van der Waals surface area contributed by atoms with Gasteiger partial charge in [-0.3, -0.25) is 4.79 Å². The molecule has 0 spiro atoms. The first-order valence-electron chi connectivity index (χ1n) is 9.42. The summed E-state index contributed by atoms with van der Waals surface area (Å²) in [5.41, 5.74) is -0.293. The largest absolute Gasteiger partial charge is 0.388 e. The highest BCUT2D eigenvalue weighted by Gasteiger charge is 2.62. The number of hydrogen-bond acceptors (Lipinski definition) is 3.